The van der Waals surface area contributed by atoms with Gasteiger partial charge in [0, 0.05) is 26.2 Å². The highest BCUT2D eigenvalue weighted by Crippen LogP contribution is 2.30. The number of hydrogen-bond acceptors (Lipinski definition) is 5. The van der Waals surface area contributed by atoms with Crippen LogP contribution in [-0.2, 0) is 14.8 Å². The zero-order chi connectivity index (χ0) is 18.2. The van der Waals surface area contributed by atoms with E-state index in [1.165, 1.54) is 21.3 Å². The van der Waals surface area contributed by atoms with Crippen molar-refractivity contribution >= 4 is 33.2 Å². The molecule has 3 rings (SSSR count). The van der Waals surface area contributed by atoms with Crippen molar-refractivity contribution in [3.8, 4) is 0 Å². The number of amides is 1. The standard InChI is InChI=1S/C16H22N2O5S2/c1-11-4-8-18(9-5-11)25(22,23)14-3-2-13(24-14)15(19)17-7-6-12(10-17)16(20)21/h2-3,11-12H,4-10H2,1H3,(H,20,21). The molecule has 0 bridgehead atoms. The van der Waals surface area contributed by atoms with Gasteiger partial charge in [0.05, 0.1) is 10.8 Å². The summed E-state index contributed by atoms with van der Waals surface area (Å²) in [7, 11) is -3.56. The van der Waals surface area contributed by atoms with E-state index in [-0.39, 0.29) is 16.7 Å². The number of aliphatic carboxylic acids is 1. The molecule has 7 nitrogen and oxygen atoms in total. The lowest BCUT2D eigenvalue weighted by Gasteiger charge is -2.28. The van der Waals surface area contributed by atoms with Crippen LogP contribution in [0.15, 0.2) is 16.3 Å². The summed E-state index contributed by atoms with van der Waals surface area (Å²) in [6.07, 6.45) is 2.13. The fourth-order valence-electron chi connectivity index (χ4n) is 3.23. The Morgan fingerprint density at radius 3 is 2.44 bits per heavy atom. The van der Waals surface area contributed by atoms with Gasteiger partial charge in [0.15, 0.2) is 0 Å². The molecule has 2 saturated heterocycles. The molecule has 2 aliphatic heterocycles. The molecule has 3 heterocycles. The zero-order valence-electron chi connectivity index (χ0n) is 14.1. The summed E-state index contributed by atoms with van der Waals surface area (Å²) in [5.74, 6) is -1.20. The Bertz CT molecular complexity index is 765. The number of thiophene rings is 1. The van der Waals surface area contributed by atoms with E-state index < -0.39 is 21.9 Å². The maximum absolute atomic E-state index is 12.7. The van der Waals surface area contributed by atoms with Crippen LogP contribution in [0.4, 0.5) is 0 Å². The molecule has 1 aromatic rings. The van der Waals surface area contributed by atoms with E-state index in [1.807, 2.05) is 0 Å². The minimum absolute atomic E-state index is 0.179. The second-order valence-corrected chi connectivity index (χ2v) is 10.0. The topological polar surface area (TPSA) is 95.0 Å². The molecule has 25 heavy (non-hydrogen) atoms. The van der Waals surface area contributed by atoms with E-state index in [2.05, 4.69) is 6.92 Å². The van der Waals surface area contributed by atoms with Crippen LogP contribution in [0.5, 0.6) is 0 Å². The molecule has 2 aliphatic rings. The van der Waals surface area contributed by atoms with Crippen LogP contribution in [0, 0.1) is 11.8 Å². The largest absolute Gasteiger partial charge is 0.481 e. The molecule has 9 heteroatoms. The van der Waals surface area contributed by atoms with Crippen LogP contribution in [-0.4, -0.2) is 60.8 Å². The smallest absolute Gasteiger partial charge is 0.308 e. The molecule has 0 aromatic carbocycles. The molecule has 2 fully saturated rings. The molecule has 1 amide bonds. The van der Waals surface area contributed by atoms with E-state index in [0.717, 1.165) is 24.2 Å². The third-order valence-corrected chi connectivity index (χ3v) is 8.39. The number of nitrogens with zero attached hydrogens (tertiary/aromatic N) is 2. The molecule has 138 valence electrons. The molecule has 1 atom stereocenters. The van der Waals surface area contributed by atoms with Gasteiger partial charge in [-0.3, -0.25) is 9.59 Å². The molecule has 0 saturated carbocycles. The second-order valence-electron chi connectivity index (χ2n) is 6.78. The molecular weight excluding hydrogens is 364 g/mol. The van der Waals surface area contributed by atoms with Crippen molar-refractivity contribution in [3.63, 3.8) is 0 Å². The first kappa shape index (κ1) is 18.3. The summed E-state index contributed by atoms with van der Waals surface area (Å²) in [4.78, 5) is 25.4. The first-order valence-electron chi connectivity index (χ1n) is 8.41. The van der Waals surface area contributed by atoms with Crippen molar-refractivity contribution in [2.45, 2.75) is 30.4 Å². The molecular formula is C16H22N2O5S2. The van der Waals surface area contributed by atoms with E-state index >= 15 is 0 Å². The first-order valence-corrected chi connectivity index (χ1v) is 10.7. The summed E-state index contributed by atoms with van der Waals surface area (Å²) < 4.78 is 27.1. The number of piperidine rings is 1. The summed E-state index contributed by atoms with van der Waals surface area (Å²) in [5, 5.41) is 9.04. The third kappa shape index (κ3) is 3.73. The van der Waals surface area contributed by atoms with Gasteiger partial charge in [-0.1, -0.05) is 6.92 Å². The van der Waals surface area contributed by atoms with Crippen molar-refractivity contribution in [2.75, 3.05) is 26.2 Å². The molecule has 1 unspecified atom stereocenters. The van der Waals surface area contributed by atoms with Crippen molar-refractivity contribution in [3.05, 3.63) is 17.0 Å². The Kier molecular flexibility index (Phi) is 5.17. The highest BCUT2D eigenvalue weighted by molar-refractivity contribution is 7.91. The molecule has 0 radical (unpaired) electrons. The van der Waals surface area contributed by atoms with Gasteiger partial charge in [-0.2, -0.15) is 4.31 Å². The van der Waals surface area contributed by atoms with Crippen LogP contribution < -0.4 is 0 Å². The van der Waals surface area contributed by atoms with Crippen molar-refractivity contribution in [1.82, 2.24) is 9.21 Å². The minimum Gasteiger partial charge on any atom is -0.481 e. The first-order chi connectivity index (χ1) is 11.8. The number of carbonyl (C=O) groups is 2. The maximum atomic E-state index is 12.7. The fraction of sp³-hybridized carbons (Fsp3) is 0.625. The summed E-state index contributed by atoms with van der Waals surface area (Å²) in [5.41, 5.74) is 0. The van der Waals surface area contributed by atoms with Gasteiger partial charge in [-0.25, -0.2) is 8.42 Å². The van der Waals surface area contributed by atoms with Crippen LogP contribution >= 0.6 is 11.3 Å². The van der Waals surface area contributed by atoms with Gasteiger partial charge in [-0.05, 0) is 37.3 Å². The average molecular weight is 386 g/mol. The minimum atomic E-state index is -3.56. The van der Waals surface area contributed by atoms with Crippen LogP contribution in [0.25, 0.3) is 0 Å². The summed E-state index contributed by atoms with van der Waals surface area (Å²) >= 11 is 0.971. The van der Waals surface area contributed by atoms with Gasteiger partial charge in [0.1, 0.15) is 4.21 Å². The fourth-order valence-corrected chi connectivity index (χ4v) is 6.13. The second kappa shape index (κ2) is 7.05. The Hall–Kier alpha value is -1.45. The third-order valence-electron chi connectivity index (χ3n) is 4.95. The van der Waals surface area contributed by atoms with Gasteiger partial charge in [-0.15, -0.1) is 11.3 Å². The number of rotatable bonds is 4. The van der Waals surface area contributed by atoms with E-state index in [9.17, 15) is 18.0 Å². The lowest BCUT2D eigenvalue weighted by molar-refractivity contribution is -0.141. The van der Waals surface area contributed by atoms with Gasteiger partial charge < -0.3 is 10.0 Å². The van der Waals surface area contributed by atoms with Gasteiger partial charge in [0.25, 0.3) is 15.9 Å². The number of carboxylic acids is 1. The molecule has 1 N–H and O–H groups in total. The lowest BCUT2D eigenvalue weighted by atomic mass is 10.0. The Morgan fingerprint density at radius 1 is 1.16 bits per heavy atom. The summed E-state index contributed by atoms with van der Waals surface area (Å²) in [6.45, 7) is 3.71. The normalized spacial score (nSPS) is 23.1. The predicted molar refractivity (Wildman–Crippen MR) is 93.1 cm³/mol. The van der Waals surface area contributed by atoms with E-state index in [4.69, 9.17) is 5.11 Å². The average Bonchev–Trinajstić information content (AvgIpc) is 3.24. The van der Waals surface area contributed by atoms with Crippen molar-refractivity contribution in [1.29, 1.82) is 0 Å². The molecule has 0 aliphatic carbocycles. The highest BCUT2D eigenvalue weighted by atomic mass is 32.2. The van der Waals surface area contributed by atoms with Gasteiger partial charge in [0.2, 0.25) is 0 Å². The van der Waals surface area contributed by atoms with Gasteiger partial charge >= 0.3 is 5.97 Å². The molecule has 0 spiro atoms. The zero-order valence-corrected chi connectivity index (χ0v) is 15.7. The van der Waals surface area contributed by atoms with Crippen molar-refractivity contribution < 1.29 is 23.1 Å². The number of carbonyl (C=O) groups excluding carboxylic acids is 1. The number of sulfonamides is 1. The maximum Gasteiger partial charge on any atom is 0.308 e. The number of likely N-dealkylation sites (tertiary alicyclic amines) is 1. The van der Waals surface area contributed by atoms with Crippen molar-refractivity contribution in [2.24, 2.45) is 11.8 Å². The van der Waals surface area contributed by atoms with Crippen LogP contribution in [0.1, 0.15) is 35.9 Å². The Balaban J connectivity index is 1.72. The van der Waals surface area contributed by atoms with E-state index in [0.29, 0.717) is 36.9 Å². The summed E-state index contributed by atoms with van der Waals surface area (Å²) in [6, 6.07) is 3.01. The monoisotopic (exact) mass is 386 g/mol. The number of carboxylic acid groups (broad SMARTS) is 1. The quantitative estimate of drug-likeness (QED) is 0.850. The van der Waals surface area contributed by atoms with E-state index in [1.54, 1.807) is 0 Å². The lowest BCUT2D eigenvalue weighted by Crippen LogP contribution is -2.37. The Labute approximate surface area is 151 Å². The van der Waals surface area contributed by atoms with Crippen LogP contribution in [0.2, 0.25) is 0 Å². The SMILES string of the molecule is CC1CCN(S(=O)(=O)c2ccc(C(=O)N3CCC(C(=O)O)C3)s2)CC1. The Morgan fingerprint density at radius 2 is 1.84 bits per heavy atom. The number of hydrogen-bond donors (Lipinski definition) is 1. The molecule has 1 aromatic heterocycles. The highest BCUT2D eigenvalue weighted by Gasteiger charge is 2.33. The van der Waals surface area contributed by atoms with Crippen LogP contribution in [0.3, 0.4) is 0 Å². The predicted octanol–water partition coefficient (Wildman–Crippen LogP) is 1.72.